The van der Waals surface area contributed by atoms with Crippen LogP contribution in [0.2, 0.25) is 0 Å². The molecule has 0 heterocycles. The van der Waals surface area contributed by atoms with Gasteiger partial charge < -0.3 is 0 Å². The molecule has 3 rings (SSSR count). The molecule has 0 saturated carbocycles. The van der Waals surface area contributed by atoms with E-state index in [0.717, 1.165) is 19.3 Å². The van der Waals surface area contributed by atoms with Crippen molar-refractivity contribution >= 4 is 11.4 Å². The molecule has 0 aromatic heterocycles. The summed E-state index contributed by atoms with van der Waals surface area (Å²) in [5, 5.41) is 0. The second-order valence-electron chi connectivity index (χ2n) is 6.96. The lowest BCUT2D eigenvalue weighted by Gasteiger charge is -2.09. The van der Waals surface area contributed by atoms with E-state index in [1.54, 1.807) is 0 Å². The summed E-state index contributed by atoms with van der Waals surface area (Å²) < 4.78 is 0. The molecule has 0 fully saturated rings. The second-order valence-corrected chi connectivity index (χ2v) is 6.96. The highest BCUT2D eigenvalue weighted by atomic mass is 16.1. The molecule has 1 unspecified atom stereocenters. The van der Waals surface area contributed by atoms with E-state index in [1.165, 1.54) is 22.3 Å². The molecule has 2 aromatic rings. The zero-order valence-electron chi connectivity index (χ0n) is 14.9. The summed E-state index contributed by atoms with van der Waals surface area (Å²) >= 11 is 0. The Labute approximate surface area is 151 Å². The molecule has 1 atom stereocenters. The van der Waals surface area contributed by atoms with Crippen LogP contribution in [0.1, 0.15) is 42.4 Å². The molecule has 2 aromatic carbocycles. The van der Waals surface area contributed by atoms with E-state index >= 15 is 0 Å². The Morgan fingerprint density at radius 2 is 1.92 bits per heavy atom. The summed E-state index contributed by atoms with van der Waals surface area (Å²) in [7, 11) is 0. The van der Waals surface area contributed by atoms with Crippen LogP contribution in [0, 0.1) is 12.8 Å². The minimum atomic E-state index is 0.339. The first-order valence-corrected chi connectivity index (χ1v) is 9.19. The maximum Gasteiger partial charge on any atom is 0.133 e. The van der Waals surface area contributed by atoms with Crippen molar-refractivity contribution in [1.82, 2.24) is 0 Å². The first-order valence-electron chi connectivity index (χ1n) is 9.19. The average molecular weight is 330 g/mol. The van der Waals surface area contributed by atoms with Crippen molar-refractivity contribution in [3.63, 3.8) is 0 Å². The van der Waals surface area contributed by atoms with Crippen molar-refractivity contribution in [2.45, 2.75) is 39.0 Å². The highest BCUT2D eigenvalue weighted by Crippen LogP contribution is 2.26. The van der Waals surface area contributed by atoms with E-state index < -0.39 is 0 Å². The first-order chi connectivity index (χ1) is 12.2. The lowest BCUT2D eigenvalue weighted by Crippen LogP contribution is -2.07. The second kappa shape index (κ2) is 8.62. The summed E-state index contributed by atoms with van der Waals surface area (Å²) in [5.74, 6) is 0.707. The van der Waals surface area contributed by atoms with Gasteiger partial charge in [-0.25, -0.2) is 0 Å². The number of carbonyl (C=O) groups is 1. The topological polar surface area (TPSA) is 17.1 Å². The summed E-state index contributed by atoms with van der Waals surface area (Å²) in [4.78, 5) is 12.4. The maximum atomic E-state index is 12.4. The van der Waals surface area contributed by atoms with E-state index in [9.17, 15) is 4.79 Å². The van der Waals surface area contributed by atoms with Crippen molar-refractivity contribution in [3.8, 4) is 0 Å². The number of allylic oxidation sites excluding steroid dienone is 4. The Balaban J connectivity index is 1.53. The third-order valence-electron chi connectivity index (χ3n) is 4.82. The SMILES string of the molecule is Cc1cccc(CCC(=O)CC2C=CCC(c3ccccc3)=CC2)c1. The Morgan fingerprint density at radius 1 is 1.08 bits per heavy atom. The zero-order valence-corrected chi connectivity index (χ0v) is 14.9. The van der Waals surface area contributed by atoms with E-state index in [1.807, 2.05) is 6.07 Å². The predicted octanol–water partition coefficient (Wildman–Crippen LogP) is 5.94. The largest absolute Gasteiger partial charge is 0.300 e. The fraction of sp³-hybridized carbons (Fsp3) is 0.292. The lowest BCUT2D eigenvalue weighted by molar-refractivity contribution is -0.119. The number of aryl methyl sites for hydroxylation is 2. The van der Waals surface area contributed by atoms with Gasteiger partial charge in [-0.15, -0.1) is 0 Å². The van der Waals surface area contributed by atoms with Gasteiger partial charge in [-0.2, -0.15) is 0 Å². The molecular formula is C24H26O. The average Bonchev–Trinajstić information content (AvgIpc) is 2.86. The van der Waals surface area contributed by atoms with Gasteiger partial charge in [0.1, 0.15) is 5.78 Å². The van der Waals surface area contributed by atoms with Gasteiger partial charge in [0.25, 0.3) is 0 Å². The Bertz CT molecular complexity index is 768. The molecule has 0 N–H and O–H groups in total. The normalized spacial score (nSPS) is 17.0. The Hall–Kier alpha value is -2.41. The number of hydrogen-bond donors (Lipinski definition) is 0. The Kier molecular flexibility index (Phi) is 6.00. The smallest absolute Gasteiger partial charge is 0.133 e. The molecule has 0 amide bonds. The van der Waals surface area contributed by atoms with Gasteiger partial charge in [-0.3, -0.25) is 4.79 Å². The van der Waals surface area contributed by atoms with Crippen molar-refractivity contribution in [2.24, 2.45) is 5.92 Å². The predicted molar refractivity (Wildman–Crippen MR) is 105 cm³/mol. The van der Waals surface area contributed by atoms with E-state index in [0.29, 0.717) is 24.5 Å². The number of ketones is 1. The van der Waals surface area contributed by atoms with Crippen LogP contribution in [0.5, 0.6) is 0 Å². The van der Waals surface area contributed by atoms with E-state index in [4.69, 9.17) is 0 Å². The summed E-state index contributed by atoms with van der Waals surface area (Å²) in [5.41, 5.74) is 5.18. The first kappa shape index (κ1) is 17.4. The quantitative estimate of drug-likeness (QED) is 0.599. The van der Waals surface area contributed by atoms with Gasteiger partial charge >= 0.3 is 0 Å². The van der Waals surface area contributed by atoms with Crippen LogP contribution in [-0.4, -0.2) is 5.78 Å². The molecule has 0 spiro atoms. The van der Waals surface area contributed by atoms with Gasteiger partial charge in [-0.1, -0.05) is 78.4 Å². The molecule has 0 aliphatic heterocycles. The van der Waals surface area contributed by atoms with Gasteiger partial charge in [0, 0.05) is 12.8 Å². The fourth-order valence-corrected chi connectivity index (χ4v) is 3.43. The summed E-state index contributed by atoms with van der Waals surface area (Å²) in [6.07, 6.45) is 10.8. The summed E-state index contributed by atoms with van der Waals surface area (Å²) in [6.45, 7) is 2.10. The molecule has 1 aliphatic carbocycles. The molecule has 0 radical (unpaired) electrons. The highest BCUT2D eigenvalue weighted by molar-refractivity contribution is 5.79. The van der Waals surface area contributed by atoms with Crippen LogP contribution in [0.3, 0.4) is 0 Å². The molecule has 1 nitrogen and oxygen atoms in total. The standard InChI is InChI=1S/C24H26O/c1-19-7-5-8-20(17-19)14-16-24(25)18-21-9-6-12-23(15-13-21)22-10-3-2-4-11-22/h2-11,15,17,21H,12-14,16,18H2,1H3. The van der Waals surface area contributed by atoms with Gasteiger partial charge in [0.05, 0.1) is 0 Å². The maximum absolute atomic E-state index is 12.4. The molecular weight excluding hydrogens is 304 g/mol. The van der Waals surface area contributed by atoms with Crippen LogP contribution in [-0.2, 0) is 11.2 Å². The third kappa shape index (κ3) is 5.29. The molecule has 1 aliphatic rings. The molecule has 25 heavy (non-hydrogen) atoms. The van der Waals surface area contributed by atoms with Crippen molar-refractivity contribution in [3.05, 3.63) is 89.5 Å². The highest BCUT2D eigenvalue weighted by Gasteiger charge is 2.13. The number of hydrogen-bond acceptors (Lipinski definition) is 1. The van der Waals surface area contributed by atoms with Crippen molar-refractivity contribution in [1.29, 1.82) is 0 Å². The lowest BCUT2D eigenvalue weighted by atomic mass is 9.95. The van der Waals surface area contributed by atoms with Gasteiger partial charge in [0.15, 0.2) is 0 Å². The number of carbonyl (C=O) groups excluding carboxylic acids is 1. The number of benzene rings is 2. The zero-order chi connectivity index (χ0) is 17.5. The fourth-order valence-electron chi connectivity index (χ4n) is 3.43. The van der Waals surface area contributed by atoms with Gasteiger partial charge in [0.2, 0.25) is 0 Å². The van der Waals surface area contributed by atoms with Crippen LogP contribution in [0.15, 0.2) is 72.8 Å². The molecule has 1 heteroatoms. The molecule has 0 bridgehead atoms. The summed E-state index contributed by atoms with van der Waals surface area (Å²) in [6, 6.07) is 19.0. The minimum absolute atomic E-state index is 0.339. The number of Topliss-reactive ketones (excluding diaryl/α,β-unsaturated/α-hetero) is 1. The van der Waals surface area contributed by atoms with E-state index in [-0.39, 0.29) is 0 Å². The number of rotatable bonds is 6. The molecule has 0 saturated heterocycles. The van der Waals surface area contributed by atoms with Crippen molar-refractivity contribution in [2.75, 3.05) is 0 Å². The van der Waals surface area contributed by atoms with Crippen LogP contribution >= 0.6 is 0 Å². The molecule has 128 valence electrons. The van der Waals surface area contributed by atoms with Crippen molar-refractivity contribution < 1.29 is 4.79 Å². The third-order valence-corrected chi connectivity index (χ3v) is 4.82. The minimum Gasteiger partial charge on any atom is -0.300 e. The van der Waals surface area contributed by atoms with Crippen LogP contribution < -0.4 is 0 Å². The van der Waals surface area contributed by atoms with Gasteiger partial charge in [-0.05, 0) is 48.8 Å². The van der Waals surface area contributed by atoms with Crippen LogP contribution in [0.4, 0.5) is 0 Å². The monoisotopic (exact) mass is 330 g/mol. The van der Waals surface area contributed by atoms with Crippen LogP contribution in [0.25, 0.3) is 5.57 Å². The van der Waals surface area contributed by atoms with E-state index in [2.05, 4.69) is 73.7 Å². The Morgan fingerprint density at radius 3 is 2.72 bits per heavy atom.